The van der Waals surface area contributed by atoms with E-state index in [2.05, 4.69) is 10.4 Å². The molecule has 0 unspecified atom stereocenters. The lowest BCUT2D eigenvalue weighted by molar-refractivity contribution is 0.0892. The van der Waals surface area contributed by atoms with E-state index < -0.39 is 0 Å². The summed E-state index contributed by atoms with van der Waals surface area (Å²) in [6.45, 7) is 0.387. The van der Waals surface area contributed by atoms with Gasteiger partial charge in [-0.2, -0.15) is 5.10 Å². The summed E-state index contributed by atoms with van der Waals surface area (Å²) in [5.41, 5.74) is 2.56. The molecule has 1 amide bonds. The fourth-order valence-corrected chi connectivity index (χ4v) is 2.74. The molecule has 6 heteroatoms. The molecule has 2 heterocycles. The van der Waals surface area contributed by atoms with Crippen LogP contribution in [0.15, 0.2) is 42.7 Å². The maximum atomic E-state index is 12.6. The number of aryl methyl sites for hydroxylation is 2. The molecule has 3 rings (SSSR count). The quantitative estimate of drug-likeness (QED) is 0.784. The van der Waals surface area contributed by atoms with Gasteiger partial charge in [-0.05, 0) is 29.7 Å². The summed E-state index contributed by atoms with van der Waals surface area (Å²) in [6, 6.07) is 9.36. The highest BCUT2D eigenvalue weighted by atomic mass is 16.5. The van der Waals surface area contributed by atoms with Crippen molar-refractivity contribution >= 4 is 16.8 Å². The van der Waals surface area contributed by atoms with E-state index in [9.17, 15) is 4.79 Å². The molecule has 0 spiro atoms. The van der Waals surface area contributed by atoms with Crippen molar-refractivity contribution in [3.63, 3.8) is 0 Å². The Balaban J connectivity index is 1.85. The van der Waals surface area contributed by atoms with Gasteiger partial charge in [0, 0.05) is 44.7 Å². The molecule has 0 aliphatic heterocycles. The van der Waals surface area contributed by atoms with Crippen molar-refractivity contribution in [1.82, 2.24) is 19.7 Å². The fraction of sp³-hybridized carbons (Fsp3) is 0.294. The average Bonchev–Trinajstić information content (AvgIpc) is 3.13. The largest absolute Gasteiger partial charge is 0.382 e. The lowest BCUT2D eigenvalue weighted by atomic mass is 10.1. The zero-order valence-corrected chi connectivity index (χ0v) is 13.5. The predicted molar refractivity (Wildman–Crippen MR) is 88.2 cm³/mol. The van der Waals surface area contributed by atoms with Gasteiger partial charge in [-0.25, -0.2) is 0 Å². The number of benzene rings is 1. The summed E-state index contributed by atoms with van der Waals surface area (Å²) in [5, 5.41) is 8.29. The number of nitrogens with zero attached hydrogens (tertiary/aromatic N) is 3. The SMILES string of the molecule is COC[C@H](NC(=O)c1ccc2ccn(C)c2c1)c1ccnn1C. The molecule has 0 bridgehead atoms. The van der Waals surface area contributed by atoms with Gasteiger partial charge in [0.15, 0.2) is 0 Å². The van der Waals surface area contributed by atoms with Gasteiger partial charge in [-0.3, -0.25) is 9.48 Å². The van der Waals surface area contributed by atoms with Crippen LogP contribution in [0, 0.1) is 0 Å². The van der Waals surface area contributed by atoms with E-state index in [0.717, 1.165) is 16.6 Å². The molecule has 1 N–H and O–H groups in total. The van der Waals surface area contributed by atoms with Crippen LogP contribution in [0.2, 0.25) is 0 Å². The number of hydrogen-bond donors (Lipinski definition) is 1. The van der Waals surface area contributed by atoms with E-state index in [1.165, 1.54) is 0 Å². The first-order chi connectivity index (χ1) is 11.1. The lowest BCUT2D eigenvalue weighted by Crippen LogP contribution is -2.32. The van der Waals surface area contributed by atoms with Crippen molar-refractivity contribution in [1.29, 1.82) is 0 Å². The fourth-order valence-electron chi connectivity index (χ4n) is 2.74. The van der Waals surface area contributed by atoms with Crippen LogP contribution in [0.25, 0.3) is 10.9 Å². The van der Waals surface area contributed by atoms with Crippen LogP contribution >= 0.6 is 0 Å². The molecule has 0 saturated carbocycles. The highest BCUT2D eigenvalue weighted by Crippen LogP contribution is 2.18. The second kappa shape index (κ2) is 6.26. The van der Waals surface area contributed by atoms with Gasteiger partial charge in [0.25, 0.3) is 5.91 Å². The zero-order valence-electron chi connectivity index (χ0n) is 13.5. The highest BCUT2D eigenvalue weighted by Gasteiger charge is 2.19. The molecular formula is C17H20N4O2. The lowest BCUT2D eigenvalue weighted by Gasteiger charge is -2.18. The van der Waals surface area contributed by atoms with Crippen LogP contribution in [0.1, 0.15) is 22.1 Å². The molecule has 0 aliphatic carbocycles. The Kier molecular flexibility index (Phi) is 4.16. The number of fused-ring (bicyclic) bond motifs is 1. The average molecular weight is 312 g/mol. The van der Waals surface area contributed by atoms with Crippen LogP contribution in [-0.4, -0.2) is 34.0 Å². The number of rotatable bonds is 5. The molecule has 6 nitrogen and oxygen atoms in total. The Labute approximate surface area is 134 Å². The first-order valence-corrected chi connectivity index (χ1v) is 7.43. The summed E-state index contributed by atoms with van der Waals surface area (Å²) >= 11 is 0. The summed E-state index contributed by atoms with van der Waals surface area (Å²) in [6.07, 6.45) is 3.69. The minimum absolute atomic E-state index is 0.128. The Morgan fingerprint density at radius 3 is 2.83 bits per heavy atom. The monoisotopic (exact) mass is 312 g/mol. The topological polar surface area (TPSA) is 61.1 Å². The molecule has 0 radical (unpaired) electrons. The third kappa shape index (κ3) is 2.98. The van der Waals surface area contributed by atoms with Gasteiger partial charge in [-0.1, -0.05) is 6.07 Å². The Bertz CT molecular complexity index is 834. The maximum absolute atomic E-state index is 12.6. The minimum Gasteiger partial charge on any atom is -0.382 e. The molecule has 1 atom stereocenters. The van der Waals surface area contributed by atoms with Crippen molar-refractivity contribution in [3.8, 4) is 0 Å². The number of amides is 1. The molecule has 2 aromatic heterocycles. The van der Waals surface area contributed by atoms with E-state index >= 15 is 0 Å². The third-order valence-corrected chi connectivity index (χ3v) is 4.00. The first-order valence-electron chi connectivity index (χ1n) is 7.43. The smallest absolute Gasteiger partial charge is 0.251 e. The molecule has 0 saturated heterocycles. The van der Waals surface area contributed by atoms with E-state index in [0.29, 0.717) is 12.2 Å². The van der Waals surface area contributed by atoms with Crippen molar-refractivity contribution in [2.24, 2.45) is 14.1 Å². The number of aromatic nitrogens is 3. The zero-order chi connectivity index (χ0) is 16.4. The van der Waals surface area contributed by atoms with E-state index in [4.69, 9.17) is 4.74 Å². The number of methoxy groups -OCH3 is 1. The van der Waals surface area contributed by atoms with Crippen LogP contribution in [0.3, 0.4) is 0 Å². The minimum atomic E-state index is -0.246. The molecule has 120 valence electrons. The molecule has 1 aromatic carbocycles. The van der Waals surface area contributed by atoms with Crippen molar-refractivity contribution in [2.45, 2.75) is 6.04 Å². The summed E-state index contributed by atoms with van der Waals surface area (Å²) < 4.78 is 8.98. The van der Waals surface area contributed by atoms with Gasteiger partial charge >= 0.3 is 0 Å². The first kappa shape index (κ1) is 15.3. The predicted octanol–water partition coefficient (Wildman–Crippen LogP) is 2.03. The van der Waals surface area contributed by atoms with Crippen LogP contribution in [0.4, 0.5) is 0 Å². The molecule has 0 aliphatic rings. The van der Waals surface area contributed by atoms with E-state index in [1.807, 2.05) is 55.2 Å². The van der Waals surface area contributed by atoms with Crippen molar-refractivity contribution in [2.75, 3.05) is 13.7 Å². The second-order valence-corrected chi connectivity index (χ2v) is 5.56. The third-order valence-electron chi connectivity index (χ3n) is 4.00. The number of nitrogens with one attached hydrogen (secondary N) is 1. The van der Waals surface area contributed by atoms with Crippen LogP contribution in [-0.2, 0) is 18.8 Å². The van der Waals surface area contributed by atoms with Gasteiger partial charge in [0.05, 0.1) is 18.3 Å². The van der Waals surface area contributed by atoms with Gasteiger partial charge in [0.2, 0.25) is 0 Å². The molecule has 0 fully saturated rings. The Morgan fingerprint density at radius 2 is 2.13 bits per heavy atom. The van der Waals surface area contributed by atoms with Crippen LogP contribution < -0.4 is 5.32 Å². The van der Waals surface area contributed by atoms with Crippen molar-refractivity contribution < 1.29 is 9.53 Å². The van der Waals surface area contributed by atoms with Crippen molar-refractivity contribution in [3.05, 3.63) is 54.0 Å². The number of ether oxygens (including phenoxy) is 1. The van der Waals surface area contributed by atoms with E-state index in [-0.39, 0.29) is 11.9 Å². The second-order valence-electron chi connectivity index (χ2n) is 5.56. The van der Waals surface area contributed by atoms with Gasteiger partial charge in [0.1, 0.15) is 0 Å². The van der Waals surface area contributed by atoms with Gasteiger partial charge in [-0.15, -0.1) is 0 Å². The maximum Gasteiger partial charge on any atom is 0.251 e. The van der Waals surface area contributed by atoms with Crippen LogP contribution in [0.5, 0.6) is 0 Å². The summed E-state index contributed by atoms with van der Waals surface area (Å²) in [7, 11) is 5.43. The summed E-state index contributed by atoms with van der Waals surface area (Å²) in [4.78, 5) is 12.6. The molecule has 23 heavy (non-hydrogen) atoms. The molecule has 3 aromatic rings. The normalized spacial score (nSPS) is 12.5. The highest BCUT2D eigenvalue weighted by molar-refractivity contribution is 5.98. The number of carbonyl (C=O) groups is 1. The molecular weight excluding hydrogens is 292 g/mol. The van der Waals surface area contributed by atoms with Gasteiger partial charge < -0.3 is 14.6 Å². The Morgan fingerprint density at radius 1 is 1.30 bits per heavy atom. The number of carbonyl (C=O) groups excluding carboxylic acids is 1. The number of hydrogen-bond acceptors (Lipinski definition) is 3. The standard InChI is InChI=1S/C17H20N4O2/c1-20-9-7-12-4-5-13(10-16(12)20)17(22)19-14(11-23-3)15-6-8-18-21(15)2/h4-10,14H,11H2,1-3H3,(H,19,22)/t14-/m0/s1. The van der Waals surface area contributed by atoms with E-state index in [1.54, 1.807) is 18.0 Å². The summed E-state index contributed by atoms with van der Waals surface area (Å²) in [5.74, 6) is -0.128. The Hall–Kier alpha value is -2.60.